The van der Waals surface area contributed by atoms with Crippen LogP contribution >= 0.6 is 11.8 Å². The number of carbonyl (C=O) groups is 2. The number of urea groups is 1. The van der Waals surface area contributed by atoms with Gasteiger partial charge in [-0.1, -0.05) is 6.42 Å². The fraction of sp³-hybridized carbons (Fsp3) is 0.857. The highest BCUT2D eigenvalue weighted by atomic mass is 32.2. The van der Waals surface area contributed by atoms with Crippen molar-refractivity contribution in [3.8, 4) is 0 Å². The van der Waals surface area contributed by atoms with Crippen LogP contribution in [0, 0.1) is 11.8 Å². The molecule has 3 fully saturated rings. The molecule has 6 heteroatoms. The Hall–Kier alpha value is -0.910. The van der Waals surface area contributed by atoms with E-state index in [-0.39, 0.29) is 18.0 Å². The molecule has 0 aromatic rings. The Morgan fingerprint density at radius 2 is 2.05 bits per heavy atom. The molecule has 112 valence electrons. The number of carboxylic acid groups (broad SMARTS) is 1. The van der Waals surface area contributed by atoms with Gasteiger partial charge in [-0.05, 0) is 43.3 Å². The van der Waals surface area contributed by atoms with Crippen molar-refractivity contribution in [2.75, 3.05) is 18.1 Å². The molecule has 20 heavy (non-hydrogen) atoms. The molecule has 0 aromatic carbocycles. The Morgan fingerprint density at radius 1 is 1.20 bits per heavy atom. The van der Waals surface area contributed by atoms with Crippen LogP contribution in [-0.4, -0.2) is 52.1 Å². The molecule has 4 unspecified atom stereocenters. The lowest BCUT2D eigenvalue weighted by Crippen LogP contribution is -2.51. The van der Waals surface area contributed by atoms with Crippen molar-refractivity contribution in [3.63, 3.8) is 0 Å². The molecule has 2 N–H and O–H groups in total. The maximum absolute atomic E-state index is 12.4. The van der Waals surface area contributed by atoms with Crippen molar-refractivity contribution < 1.29 is 14.7 Å². The van der Waals surface area contributed by atoms with Crippen molar-refractivity contribution in [2.45, 2.75) is 44.2 Å². The number of fused-ring (bicyclic) bond motifs is 1. The predicted octanol–water partition coefficient (Wildman–Crippen LogP) is 1.78. The molecule has 2 aliphatic heterocycles. The Balaban J connectivity index is 1.65. The normalized spacial score (nSPS) is 36.7. The minimum absolute atomic E-state index is 0.166. The zero-order valence-corrected chi connectivity index (χ0v) is 12.4. The van der Waals surface area contributed by atoms with E-state index in [1.165, 1.54) is 0 Å². The van der Waals surface area contributed by atoms with Gasteiger partial charge in [-0.25, -0.2) is 9.59 Å². The first kappa shape index (κ1) is 14.0. The first-order valence-electron chi connectivity index (χ1n) is 7.54. The molecule has 0 aromatic heterocycles. The average Bonchev–Trinajstić information content (AvgIpc) is 2.98. The summed E-state index contributed by atoms with van der Waals surface area (Å²) < 4.78 is 0. The number of nitrogens with one attached hydrogen (secondary N) is 1. The Bertz CT molecular complexity index is 398. The van der Waals surface area contributed by atoms with Crippen LogP contribution in [0.4, 0.5) is 4.79 Å². The van der Waals surface area contributed by atoms with Crippen molar-refractivity contribution in [1.82, 2.24) is 10.2 Å². The average molecular weight is 298 g/mol. The summed E-state index contributed by atoms with van der Waals surface area (Å²) in [5, 5.41) is 12.5. The number of aliphatic carboxylic acids is 1. The van der Waals surface area contributed by atoms with Crippen molar-refractivity contribution in [1.29, 1.82) is 0 Å². The molecule has 2 saturated heterocycles. The van der Waals surface area contributed by atoms with Crippen LogP contribution in [0.1, 0.15) is 32.1 Å². The number of hydrogen-bond acceptors (Lipinski definition) is 3. The van der Waals surface area contributed by atoms with Crippen molar-refractivity contribution in [2.24, 2.45) is 11.8 Å². The number of thioether (sulfide) groups is 1. The third-order valence-corrected chi connectivity index (χ3v) is 6.11. The van der Waals surface area contributed by atoms with Gasteiger partial charge in [0.25, 0.3) is 0 Å². The maximum Gasteiger partial charge on any atom is 0.326 e. The standard InChI is InChI=1S/C14H22N2O3S/c17-13(18)12-11-5-1-3-9(11)7-16(12)14(19)15-10-4-2-6-20-8-10/h9-12H,1-8H2,(H,15,19)(H,17,18). The van der Waals surface area contributed by atoms with Crippen LogP contribution in [0.3, 0.4) is 0 Å². The second-order valence-electron chi connectivity index (χ2n) is 6.15. The Kier molecular flexibility index (Phi) is 4.10. The number of likely N-dealkylation sites (tertiary alicyclic amines) is 1. The van der Waals surface area contributed by atoms with Gasteiger partial charge in [-0.3, -0.25) is 0 Å². The molecule has 1 saturated carbocycles. The van der Waals surface area contributed by atoms with Crippen molar-refractivity contribution >= 4 is 23.8 Å². The first-order valence-corrected chi connectivity index (χ1v) is 8.70. The summed E-state index contributed by atoms with van der Waals surface area (Å²) in [7, 11) is 0. The van der Waals surface area contributed by atoms with E-state index in [9.17, 15) is 14.7 Å². The van der Waals surface area contributed by atoms with Gasteiger partial charge in [-0.2, -0.15) is 11.8 Å². The summed E-state index contributed by atoms with van der Waals surface area (Å²) >= 11 is 1.86. The fourth-order valence-electron chi connectivity index (χ4n) is 3.94. The summed E-state index contributed by atoms with van der Waals surface area (Å²) in [4.78, 5) is 25.5. The highest BCUT2D eigenvalue weighted by Gasteiger charge is 2.49. The highest BCUT2D eigenvalue weighted by molar-refractivity contribution is 7.99. The minimum atomic E-state index is -0.840. The van der Waals surface area contributed by atoms with E-state index in [0.717, 1.165) is 43.6 Å². The van der Waals surface area contributed by atoms with Gasteiger partial charge in [0.2, 0.25) is 0 Å². The smallest absolute Gasteiger partial charge is 0.326 e. The van der Waals surface area contributed by atoms with E-state index in [1.54, 1.807) is 4.90 Å². The van der Waals surface area contributed by atoms with Gasteiger partial charge in [0.05, 0.1) is 0 Å². The molecule has 0 radical (unpaired) electrons. The second-order valence-corrected chi connectivity index (χ2v) is 7.30. The zero-order chi connectivity index (χ0) is 14.1. The van der Waals surface area contributed by atoms with Gasteiger partial charge in [0.1, 0.15) is 6.04 Å². The van der Waals surface area contributed by atoms with E-state index >= 15 is 0 Å². The third-order valence-electron chi connectivity index (χ3n) is 4.89. The lowest BCUT2D eigenvalue weighted by atomic mass is 9.94. The minimum Gasteiger partial charge on any atom is -0.480 e. The zero-order valence-electron chi connectivity index (χ0n) is 11.6. The molecule has 2 heterocycles. The van der Waals surface area contributed by atoms with Gasteiger partial charge in [0, 0.05) is 18.3 Å². The lowest BCUT2D eigenvalue weighted by molar-refractivity contribution is -0.142. The van der Waals surface area contributed by atoms with Crippen LogP contribution < -0.4 is 5.32 Å². The van der Waals surface area contributed by atoms with Crippen LogP contribution in [0.25, 0.3) is 0 Å². The summed E-state index contributed by atoms with van der Waals surface area (Å²) in [6, 6.07) is -0.575. The largest absolute Gasteiger partial charge is 0.480 e. The maximum atomic E-state index is 12.4. The van der Waals surface area contributed by atoms with Gasteiger partial charge in [0.15, 0.2) is 0 Å². The van der Waals surface area contributed by atoms with Gasteiger partial charge in [-0.15, -0.1) is 0 Å². The molecule has 2 amide bonds. The number of carboxylic acids is 1. The molecule has 1 aliphatic carbocycles. The monoisotopic (exact) mass is 298 g/mol. The summed E-state index contributed by atoms with van der Waals surface area (Å²) in [6.45, 7) is 0.618. The first-order chi connectivity index (χ1) is 9.66. The van der Waals surface area contributed by atoms with Crippen LogP contribution in [0.2, 0.25) is 0 Å². The van der Waals surface area contributed by atoms with Gasteiger partial charge >= 0.3 is 12.0 Å². The Morgan fingerprint density at radius 3 is 2.75 bits per heavy atom. The number of rotatable bonds is 2. The number of hydrogen-bond donors (Lipinski definition) is 2. The molecular weight excluding hydrogens is 276 g/mol. The molecule has 0 spiro atoms. The number of amides is 2. The summed E-state index contributed by atoms with van der Waals surface area (Å²) in [5.41, 5.74) is 0. The van der Waals surface area contributed by atoms with Crippen LogP contribution in [0.15, 0.2) is 0 Å². The van der Waals surface area contributed by atoms with E-state index in [4.69, 9.17) is 0 Å². The van der Waals surface area contributed by atoms with E-state index in [2.05, 4.69) is 5.32 Å². The summed E-state index contributed by atoms with van der Waals surface area (Å²) in [5.74, 6) is 1.83. The van der Waals surface area contributed by atoms with E-state index in [0.29, 0.717) is 12.5 Å². The molecule has 3 rings (SSSR count). The topological polar surface area (TPSA) is 69.6 Å². The fourth-order valence-corrected chi connectivity index (χ4v) is 5.01. The molecule has 4 atom stereocenters. The number of nitrogens with zero attached hydrogens (tertiary/aromatic N) is 1. The second kappa shape index (κ2) is 5.84. The third kappa shape index (κ3) is 2.62. The van der Waals surface area contributed by atoms with Crippen molar-refractivity contribution in [3.05, 3.63) is 0 Å². The molecule has 5 nitrogen and oxygen atoms in total. The molecular formula is C14H22N2O3S. The van der Waals surface area contributed by atoms with Crippen LogP contribution in [0.5, 0.6) is 0 Å². The van der Waals surface area contributed by atoms with E-state index in [1.807, 2.05) is 11.8 Å². The van der Waals surface area contributed by atoms with Crippen LogP contribution in [-0.2, 0) is 4.79 Å². The SMILES string of the molecule is O=C(O)C1C2CCCC2CN1C(=O)NC1CCCSC1. The molecule has 0 bridgehead atoms. The number of carbonyl (C=O) groups excluding carboxylic acids is 1. The lowest BCUT2D eigenvalue weighted by Gasteiger charge is -2.29. The molecule has 3 aliphatic rings. The summed E-state index contributed by atoms with van der Waals surface area (Å²) in [6.07, 6.45) is 5.26. The van der Waals surface area contributed by atoms with Gasteiger partial charge < -0.3 is 15.3 Å². The predicted molar refractivity (Wildman–Crippen MR) is 77.8 cm³/mol. The highest BCUT2D eigenvalue weighted by Crippen LogP contribution is 2.42. The van der Waals surface area contributed by atoms with E-state index < -0.39 is 12.0 Å². The Labute approximate surface area is 123 Å². The quantitative estimate of drug-likeness (QED) is 0.815.